The van der Waals surface area contributed by atoms with Crippen molar-refractivity contribution in [3.63, 3.8) is 0 Å². The van der Waals surface area contributed by atoms with Crippen LogP contribution in [0.3, 0.4) is 0 Å². The third-order valence-electron chi connectivity index (χ3n) is 5.95. The predicted octanol–water partition coefficient (Wildman–Crippen LogP) is 2.05. The van der Waals surface area contributed by atoms with E-state index >= 15 is 0 Å². The second-order valence-electron chi connectivity index (χ2n) is 7.34. The smallest absolute Gasteiger partial charge is 0.309 e. The van der Waals surface area contributed by atoms with Crippen LogP contribution in [-0.2, 0) is 14.3 Å². The number of carbonyl (C=O) groups excluding carboxylic acids is 2. The summed E-state index contributed by atoms with van der Waals surface area (Å²) in [6, 6.07) is 0.519. The number of likely N-dealkylation sites (tertiary alicyclic amines) is 2. The standard InChI is InChI=1S/C18H30N2O3/c1-23-18(22)16-9-5-8-15(16)17(21)20-12-6-7-14(13-20)19-10-3-2-4-11-19/h14-16H,2-13H2,1H3/t14-,15-,16-/m1/s1. The molecule has 5 nitrogen and oxygen atoms in total. The van der Waals surface area contributed by atoms with Crippen molar-refractivity contribution in [2.24, 2.45) is 11.8 Å². The molecule has 1 aliphatic carbocycles. The molecule has 3 atom stereocenters. The van der Waals surface area contributed by atoms with Crippen molar-refractivity contribution in [1.29, 1.82) is 0 Å². The second-order valence-corrected chi connectivity index (χ2v) is 7.34. The van der Waals surface area contributed by atoms with Crippen LogP contribution < -0.4 is 0 Å². The Morgan fingerprint density at radius 2 is 1.61 bits per heavy atom. The summed E-state index contributed by atoms with van der Waals surface area (Å²) < 4.78 is 4.90. The van der Waals surface area contributed by atoms with Gasteiger partial charge in [-0.2, -0.15) is 0 Å². The molecule has 3 rings (SSSR count). The first-order valence-corrected chi connectivity index (χ1v) is 9.31. The Hall–Kier alpha value is -1.10. The fourth-order valence-electron chi connectivity index (χ4n) is 4.66. The number of esters is 1. The molecule has 2 heterocycles. The Balaban J connectivity index is 1.61. The van der Waals surface area contributed by atoms with Gasteiger partial charge in [0.05, 0.1) is 18.9 Å². The normalized spacial score (nSPS) is 32.7. The summed E-state index contributed by atoms with van der Waals surface area (Å²) in [6.07, 6.45) is 8.80. The second kappa shape index (κ2) is 7.65. The molecule has 0 spiro atoms. The molecule has 1 saturated carbocycles. The lowest BCUT2D eigenvalue weighted by atomic mass is 9.93. The van der Waals surface area contributed by atoms with Crippen LogP contribution in [-0.4, -0.2) is 61.0 Å². The van der Waals surface area contributed by atoms with E-state index in [4.69, 9.17) is 4.74 Å². The van der Waals surface area contributed by atoms with Gasteiger partial charge in [-0.3, -0.25) is 14.5 Å². The molecule has 0 radical (unpaired) electrons. The first kappa shape index (κ1) is 16.7. The summed E-state index contributed by atoms with van der Waals surface area (Å²) in [5.74, 6) is -0.379. The molecule has 0 unspecified atom stereocenters. The van der Waals surface area contributed by atoms with Crippen molar-refractivity contribution in [2.75, 3.05) is 33.3 Å². The van der Waals surface area contributed by atoms with Gasteiger partial charge in [-0.05, 0) is 51.6 Å². The Bertz CT molecular complexity index is 434. The summed E-state index contributed by atoms with van der Waals surface area (Å²) in [7, 11) is 1.43. The monoisotopic (exact) mass is 322 g/mol. The molecule has 2 aliphatic heterocycles. The maximum atomic E-state index is 13.0. The van der Waals surface area contributed by atoms with Gasteiger partial charge < -0.3 is 9.64 Å². The van der Waals surface area contributed by atoms with Crippen molar-refractivity contribution in [3.05, 3.63) is 0 Å². The molecule has 0 aromatic carbocycles. The Kier molecular flexibility index (Phi) is 5.57. The fraction of sp³-hybridized carbons (Fsp3) is 0.889. The van der Waals surface area contributed by atoms with E-state index < -0.39 is 0 Å². The highest BCUT2D eigenvalue weighted by molar-refractivity contribution is 5.86. The minimum atomic E-state index is -0.220. The molecule has 5 heteroatoms. The lowest BCUT2D eigenvalue weighted by Gasteiger charge is -2.42. The van der Waals surface area contributed by atoms with Crippen molar-refractivity contribution in [1.82, 2.24) is 9.80 Å². The number of ether oxygens (including phenoxy) is 1. The van der Waals surface area contributed by atoms with E-state index in [2.05, 4.69) is 4.90 Å². The summed E-state index contributed by atoms with van der Waals surface area (Å²) in [4.78, 5) is 29.5. The number of rotatable bonds is 3. The molecular weight excluding hydrogens is 292 g/mol. The number of hydrogen-bond acceptors (Lipinski definition) is 4. The SMILES string of the molecule is COC(=O)[C@@H]1CCC[C@H]1C(=O)N1CCC[C@@H](N2CCCCC2)C1. The van der Waals surface area contributed by atoms with E-state index in [9.17, 15) is 9.59 Å². The van der Waals surface area contributed by atoms with E-state index in [1.54, 1.807) is 0 Å². The number of hydrogen-bond donors (Lipinski definition) is 0. The Morgan fingerprint density at radius 1 is 0.870 bits per heavy atom. The molecule has 0 bridgehead atoms. The van der Waals surface area contributed by atoms with E-state index in [0.29, 0.717) is 6.04 Å². The minimum Gasteiger partial charge on any atom is -0.469 e. The van der Waals surface area contributed by atoms with Crippen molar-refractivity contribution < 1.29 is 14.3 Å². The van der Waals surface area contributed by atoms with Crippen molar-refractivity contribution >= 4 is 11.9 Å². The summed E-state index contributed by atoms with van der Waals surface area (Å²) in [5.41, 5.74) is 0. The first-order valence-electron chi connectivity index (χ1n) is 9.31. The van der Waals surface area contributed by atoms with E-state index in [0.717, 1.165) is 38.8 Å². The number of amides is 1. The van der Waals surface area contributed by atoms with Crippen LogP contribution in [0, 0.1) is 11.8 Å². The van der Waals surface area contributed by atoms with Crippen LogP contribution in [0.4, 0.5) is 0 Å². The quantitative estimate of drug-likeness (QED) is 0.746. The molecule has 3 aliphatic rings. The van der Waals surface area contributed by atoms with Gasteiger partial charge in [0.1, 0.15) is 0 Å². The van der Waals surface area contributed by atoms with E-state index in [1.807, 2.05) is 4.90 Å². The van der Waals surface area contributed by atoms with Gasteiger partial charge in [0.2, 0.25) is 5.91 Å². The topological polar surface area (TPSA) is 49.9 Å². The van der Waals surface area contributed by atoms with Gasteiger partial charge >= 0.3 is 5.97 Å². The number of methoxy groups -OCH3 is 1. The summed E-state index contributed by atoms with van der Waals surface area (Å²) in [6.45, 7) is 4.07. The van der Waals surface area contributed by atoms with Gasteiger partial charge in [-0.15, -0.1) is 0 Å². The molecule has 0 aromatic heterocycles. The van der Waals surface area contributed by atoms with Crippen LogP contribution in [0.1, 0.15) is 51.4 Å². The number of carbonyl (C=O) groups is 2. The fourth-order valence-corrected chi connectivity index (χ4v) is 4.66. The average molecular weight is 322 g/mol. The molecule has 0 N–H and O–H groups in total. The lowest BCUT2D eigenvalue weighted by molar-refractivity contribution is -0.152. The largest absolute Gasteiger partial charge is 0.469 e. The zero-order valence-electron chi connectivity index (χ0n) is 14.3. The van der Waals surface area contributed by atoms with Crippen molar-refractivity contribution in [2.45, 2.75) is 57.4 Å². The molecule has 0 aromatic rings. The zero-order chi connectivity index (χ0) is 16.2. The number of piperidine rings is 2. The van der Waals surface area contributed by atoms with Gasteiger partial charge in [-0.25, -0.2) is 0 Å². The zero-order valence-corrected chi connectivity index (χ0v) is 14.3. The maximum absolute atomic E-state index is 13.0. The van der Waals surface area contributed by atoms with Crippen LogP contribution in [0.15, 0.2) is 0 Å². The highest BCUT2D eigenvalue weighted by Gasteiger charge is 2.41. The van der Waals surface area contributed by atoms with E-state index in [1.165, 1.54) is 45.9 Å². The predicted molar refractivity (Wildman–Crippen MR) is 87.9 cm³/mol. The Morgan fingerprint density at radius 3 is 2.35 bits per heavy atom. The summed E-state index contributed by atoms with van der Waals surface area (Å²) >= 11 is 0. The molecule has 130 valence electrons. The third kappa shape index (κ3) is 3.70. The highest BCUT2D eigenvalue weighted by Crippen LogP contribution is 2.35. The van der Waals surface area contributed by atoms with Crippen LogP contribution in [0.5, 0.6) is 0 Å². The third-order valence-corrected chi connectivity index (χ3v) is 5.95. The first-order chi connectivity index (χ1) is 11.2. The van der Waals surface area contributed by atoms with Crippen LogP contribution >= 0.6 is 0 Å². The van der Waals surface area contributed by atoms with E-state index in [-0.39, 0.29) is 23.7 Å². The summed E-state index contributed by atoms with van der Waals surface area (Å²) in [5, 5.41) is 0. The van der Waals surface area contributed by atoms with Crippen molar-refractivity contribution in [3.8, 4) is 0 Å². The lowest BCUT2D eigenvalue weighted by Crippen LogP contribution is -2.52. The van der Waals surface area contributed by atoms with Crippen LogP contribution in [0.2, 0.25) is 0 Å². The molecule has 3 fully saturated rings. The number of nitrogens with zero attached hydrogens (tertiary/aromatic N) is 2. The van der Waals surface area contributed by atoms with Gasteiger partial charge in [0.25, 0.3) is 0 Å². The Labute approximate surface area is 139 Å². The average Bonchev–Trinajstić information content (AvgIpc) is 3.11. The minimum absolute atomic E-state index is 0.150. The van der Waals surface area contributed by atoms with Gasteiger partial charge in [-0.1, -0.05) is 12.8 Å². The molecular formula is C18H30N2O3. The molecule has 2 saturated heterocycles. The van der Waals surface area contributed by atoms with Gasteiger partial charge in [0, 0.05) is 19.1 Å². The molecule has 1 amide bonds. The highest BCUT2D eigenvalue weighted by atomic mass is 16.5. The molecule has 23 heavy (non-hydrogen) atoms. The van der Waals surface area contributed by atoms with Crippen LogP contribution in [0.25, 0.3) is 0 Å². The maximum Gasteiger partial charge on any atom is 0.309 e. The van der Waals surface area contributed by atoms with Gasteiger partial charge in [0.15, 0.2) is 0 Å².